The zero-order chi connectivity index (χ0) is 20.5. The zero-order valence-corrected chi connectivity index (χ0v) is 16.8. The van der Waals surface area contributed by atoms with Crippen LogP contribution in [0.25, 0.3) is 16.2 Å². The maximum Gasteiger partial charge on any atom is 0.332 e. The van der Waals surface area contributed by atoms with Crippen LogP contribution in [0.15, 0.2) is 52.8 Å². The van der Waals surface area contributed by atoms with E-state index in [1.54, 1.807) is 17.6 Å². The second kappa shape index (κ2) is 7.73. The van der Waals surface area contributed by atoms with Crippen LogP contribution in [0.3, 0.4) is 0 Å². The molecule has 4 heterocycles. The molecule has 1 aromatic carbocycles. The number of fused-ring (bicyclic) bond motifs is 1. The van der Waals surface area contributed by atoms with E-state index in [1.807, 2.05) is 30.3 Å². The van der Waals surface area contributed by atoms with Crippen molar-refractivity contribution < 1.29 is 4.79 Å². The van der Waals surface area contributed by atoms with Gasteiger partial charge in [-0.25, -0.2) is 19.3 Å². The van der Waals surface area contributed by atoms with Crippen molar-refractivity contribution in [3.63, 3.8) is 0 Å². The molecule has 0 unspecified atom stereocenters. The van der Waals surface area contributed by atoms with Crippen LogP contribution < -0.4 is 21.2 Å². The Bertz CT molecular complexity index is 1270. The van der Waals surface area contributed by atoms with E-state index in [9.17, 15) is 9.59 Å². The number of rotatable bonds is 4. The molecule has 0 atom stereocenters. The fraction of sp³-hybridized carbons (Fsp3) is 0.200. The minimum Gasteiger partial charge on any atom is -0.352 e. The summed E-state index contributed by atoms with van der Waals surface area (Å²) in [6, 6.07) is 11.0. The van der Waals surface area contributed by atoms with Crippen LogP contribution in [0.1, 0.15) is 10.5 Å². The van der Waals surface area contributed by atoms with E-state index in [-0.39, 0.29) is 17.3 Å². The van der Waals surface area contributed by atoms with Gasteiger partial charge in [0.2, 0.25) is 0 Å². The Morgan fingerprint density at radius 1 is 1.13 bits per heavy atom. The van der Waals surface area contributed by atoms with Crippen molar-refractivity contribution in [2.45, 2.75) is 0 Å². The normalized spacial score (nSPS) is 14.2. The summed E-state index contributed by atoms with van der Waals surface area (Å²) >= 11 is 1.24. The number of carbonyl (C=O) groups excluding carboxylic acids is 1. The number of aromatic nitrogens is 4. The van der Waals surface area contributed by atoms with E-state index in [0.29, 0.717) is 10.8 Å². The lowest BCUT2D eigenvalue weighted by Crippen LogP contribution is -2.44. The molecule has 0 saturated carbocycles. The number of carbonyl (C=O) groups is 1. The smallest absolute Gasteiger partial charge is 0.332 e. The summed E-state index contributed by atoms with van der Waals surface area (Å²) in [6.45, 7) is 3.39. The number of anilines is 2. The van der Waals surface area contributed by atoms with Crippen LogP contribution >= 0.6 is 11.3 Å². The number of hydrogen-bond acceptors (Lipinski definition) is 7. The third kappa shape index (κ3) is 3.36. The quantitative estimate of drug-likeness (QED) is 0.464. The lowest BCUT2D eigenvalue weighted by Gasteiger charge is -2.29. The minimum atomic E-state index is -0.338. The van der Waals surface area contributed by atoms with Gasteiger partial charge in [-0.1, -0.05) is 12.1 Å². The topological polar surface area (TPSA) is 108 Å². The van der Waals surface area contributed by atoms with E-state index >= 15 is 0 Å². The predicted octanol–water partition coefficient (Wildman–Crippen LogP) is 1.83. The number of piperazine rings is 1. The molecule has 30 heavy (non-hydrogen) atoms. The Morgan fingerprint density at radius 2 is 1.97 bits per heavy atom. The number of imidazole rings is 1. The first-order valence-electron chi connectivity index (χ1n) is 9.58. The Hall–Kier alpha value is -3.50. The maximum absolute atomic E-state index is 12.9. The second-order valence-electron chi connectivity index (χ2n) is 6.86. The third-order valence-corrected chi connectivity index (χ3v) is 5.78. The summed E-state index contributed by atoms with van der Waals surface area (Å²) in [4.78, 5) is 39.1. The maximum atomic E-state index is 12.9. The molecule has 0 spiro atoms. The molecule has 0 aliphatic carbocycles. The number of H-pyrrole nitrogens is 1. The lowest BCUT2D eigenvalue weighted by molar-refractivity contribution is 0.102. The fourth-order valence-corrected chi connectivity index (χ4v) is 4.34. The predicted molar refractivity (Wildman–Crippen MR) is 117 cm³/mol. The Labute approximate surface area is 175 Å². The molecule has 5 rings (SSSR count). The molecule has 1 saturated heterocycles. The highest BCUT2D eigenvalue weighted by molar-refractivity contribution is 7.12. The van der Waals surface area contributed by atoms with Gasteiger partial charge in [0, 0.05) is 37.8 Å². The van der Waals surface area contributed by atoms with Crippen molar-refractivity contribution in [1.29, 1.82) is 0 Å². The van der Waals surface area contributed by atoms with Crippen LogP contribution in [0.5, 0.6) is 0 Å². The van der Waals surface area contributed by atoms with Crippen molar-refractivity contribution in [2.24, 2.45) is 0 Å². The molecule has 0 bridgehead atoms. The zero-order valence-electron chi connectivity index (χ0n) is 16.0. The largest absolute Gasteiger partial charge is 0.352 e. The average Bonchev–Trinajstić information content (AvgIpc) is 3.38. The van der Waals surface area contributed by atoms with Crippen molar-refractivity contribution in [3.05, 3.63) is 64.2 Å². The van der Waals surface area contributed by atoms with Gasteiger partial charge in [-0.2, -0.15) is 0 Å². The number of para-hydroxylation sites is 2. The molecule has 1 aliphatic rings. The first-order chi connectivity index (χ1) is 14.7. The number of hydrogen-bond donors (Lipinski definition) is 3. The van der Waals surface area contributed by atoms with Crippen molar-refractivity contribution >= 4 is 39.8 Å². The highest BCUT2D eigenvalue weighted by Crippen LogP contribution is 2.24. The average molecular weight is 421 g/mol. The molecule has 1 aliphatic heterocycles. The number of thiazole rings is 1. The van der Waals surface area contributed by atoms with E-state index in [4.69, 9.17) is 0 Å². The van der Waals surface area contributed by atoms with Gasteiger partial charge in [-0.3, -0.25) is 4.79 Å². The molecular formula is C20H19N7O2S. The fourth-order valence-electron chi connectivity index (χ4n) is 3.53. The molecule has 152 valence electrons. The van der Waals surface area contributed by atoms with Crippen LogP contribution in [0.2, 0.25) is 0 Å². The lowest BCUT2D eigenvalue weighted by atomic mass is 10.3. The Balaban J connectivity index is 1.42. The molecule has 10 heteroatoms. The van der Waals surface area contributed by atoms with Crippen LogP contribution in [-0.4, -0.2) is 51.6 Å². The van der Waals surface area contributed by atoms with Crippen molar-refractivity contribution in [3.8, 4) is 5.13 Å². The van der Waals surface area contributed by atoms with Gasteiger partial charge in [-0.05, 0) is 24.3 Å². The second-order valence-corrected chi connectivity index (χ2v) is 7.70. The number of benzene rings is 1. The van der Waals surface area contributed by atoms with Gasteiger partial charge < -0.3 is 20.5 Å². The molecule has 1 fully saturated rings. The highest BCUT2D eigenvalue weighted by atomic mass is 32.1. The number of aromatic amines is 1. The third-order valence-electron chi connectivity index (χ3n) is 4.96. The van der Waals surface area contributed by atoms with Gasteiger partial charge in [0.25, 0.3) is 5.91 Å². The van der Waals surface area contributed by atoms with Crippen LogP contribution in [0.4, 0.5) is 11.5 Å². The molecule has 9 nitrogen and oxygen atoms in total. The Morgan fingerprint density at radius 3 is 2.83 bits per heavy atom. The summed E-state index contributed by atoms with van der Waals surface area (Å²) < 4.78 is 1.48. The summed E-state index contributed by atoms with van der Waals surface area (Å²) in [5, 5.41) is 8.32. The van der Waals surface area contributed by atoms with Gasteiger partial charge in [0.15, 0.2) is 10.9 Å². The van der Waals surface area contributed by atoms with E-state index in [1.165, 1.54) is 15.9 Å². The molecule has 4 aromatic rings. The standard InChI is InChI=1S/C20H19N7O2S/c28-18(23-14-5-3-7-22-17(14)26-10-8-21-9-11-26)15-12-30-20(25-15)27-16-6-2-1-4-13(16)24-19(27)29/h1-7,12,21H,8-11H2,(H,23,28)(H,24,29). The number of nitrogens with zero attached hydrogens (tertiary/aromatic N) is 4. The summed E-state index contributed by atoms with van der Waals surface area (Å²) in [5.41, 5.74) is 2.05. The summed E-state index contributed by atoms with van der Waals surface area (Å²) in [5.74, 6) is 0.408. The van der Waals surface area contributed by atoms with Gasteiger partial charge in [-0.15, -0.1) is 11.3 Å². The SMILES string of the molecule is O=C(Nc1cccnc1N1CCNCC1)c1csc(-n2c(=O)[nH]c3ccccc32)n1. The minimum absolute atomic E-state index is 0.252. The Kier molecular flexibility index (Phi) is 4.77. The summed E-state index contributed by atoms with van der Waals surface area (Å²) in [6.07, 6.45) is 1.72. The molecular weight excluding hydrogens is 402 g/mol. The first kappa shape index (κ1) is 18.5. The van der Waals surface area contributed by atoms with Crippen LogP contribution in [-0.2, 0) is 0 Å². The monoisotopic (exact) mass is 421 g/mol. The molecule has 3 N–H and O–H groups in total. The molecule has 3 aromatic heterocycles. The number of pyridine rings is 1. The highest BCUT2D eigenvalue weighted by Gasteiger charge is 2.19. The van der Waals surface area contributed by atoms with Gasteiger partial charge in [0.1, 0.15) is 5.69 Å². The van der Waals surface area contributed by atoms with Crippen molar-refractivity contribution in [1.82, 2.24) is 24.8 Å². The van der Waals surface area contributed by atoms with Gasteiger partial charge in [0.05, 0.1) is 16.7 Å². The first-order valence-corrected chi connectivity index (χ1v) is 10.5. The summed E-state index contributed by atoms with van der Waals surface area (Å²) in [7, 11) is 0. The number of nitrogens with one attached hydrogen (secondary N) is 3. The molecule has 1 amide bonds. The number of amides is 1. The molecule has 0 radical (unpaired) electrons. The van der Waals surface area contributed by atoms with E-state index < -0.39 is 0 Å². The van der Waals surface area contributed by atoms with E-state index in [2.05, 4.69) is 30.5 Å². The van der Waals surface area contributed by atoms with Crippen LogP contribution in [0, 0.1) is 0 Å². The van der Waals surface area contributed by atoms with Crippen molar-refractivity contribution in [2.75, 3.05) is 36.4 Å². The van der Waals surface area contributed by atoms with E-state index in [0.717, 1.165) is 43.0 Å². The van der Waals surface area contributed by atoms with Gasteiger partial charge >= 0.3 is 5.69 Å².